The molecule has 0 bridgehead atoms. The maximum absolute atomic E-state index is 4.03. The summed E-state index contributed by atoms with van der Waals surface area (Å²) in [6, 6.07) is 0. The molecule has 60 valence electrons. The van der Waals surface area contributed by atoms with Crippen LogP contribution in [0.25, 0.3) is 0 Å². The highest BCUT2D eigenvalue weighted by atomic mass is 32.2. The van der Waals surface area contributed by atoms with Gasteiger partial charge in [-0.05, 0) is 23.8 Å². The van der Waals surface area contributed by atoms with Crippen LogP contribution in [-0.4, -0.2) is 5.87 Å². The Bertz CT molecular complexity index is 249. The molecule has 1 aliphatic heterocycles. The zero-order valence-corrected chi connectivity index (χ0v) is 8.25. The van der Waals surface area contributed by atoms with E-state index >= 15 is 0 Å². The van der Waals surface area contributed by atoms with Gasteiger partial charge in [0.25, 0.3) is 0 Å². The van der Waals surface area contributed by atoms with E-state index < -0.39 is 0 Å². The predicted octanol–water partition coefficient (Wildman–Crippen LogP) is 3.19. The van der Waals surface area contributed by atoms with Crippen LogP contribution in [0.15, 0.2) is 21.0 Å². The summed E-state index contributed by atoms with van der Waals surface area (Å²) in [5.41, 5.74) is 1.51. The van der Waals surface area contributed by atoms with Crippen molar-refractivity contribution in [2.75, 3.05) is 0 Å². The molecule has 0 atom stereocenters. The van der Waals surface area contributed by atoms with E-state index in [1.807, 2.05) is 6.08 Å². The third-order valence-corrected chi connectivity index (χ3v) is 2.82. The number of rotatable bonds is 0. The summed E-state index contributed by atoms with van der Waals surface area (Å²) in [6.45, 7) is 8.71. The monoisotopic (exact) mass is 167 g/mol. The summed E-state index contributed by atoms with van der Waals surface area (Å²) in [6.07, 6.45) is 1.94. The van der Waals surface area contributed by atoms with Gasteiger partial charge in [0.2, 0.25) is 0 Å². The van der Waals surface area contributed by atoms with Crippen LogP contribution >= 0.6 is 11.9 Å². The second-order valence-corrected chi connectivity index (χ2v) is 4.49. The van der Waals surface area contributed by atoms with Gasteiger partial charge < -0.3 is 0 Å². The Kier molecular flexibility index (Phi) is 2.26. The molecule has 0 saturated carbocycles. The van der Waals surface area contributed by atoms with Crippen molar-refractivity contribution in [3.63, 3.8) is 0 Å². The molecular formula is C9H13NS. The fraction of sp³-hybridized carbons (Fsp3) is 0.556. The number of allylic oxidation sites excluding steroid dienone is 3. The van der Waals surface area contributed by atoms with Crippen LogP contribution in [0.4, 0.5) is 0 Å². The quantitative estimate of drug-likeness (QED) is 0.505. The highest BCUT2D eigenvalue weighted by molar-refractivity contribution is 8.02. The second kappa shape index (κ2) is 2.88. The Morgan fingerprint density at radius 1 is 1.45 bits per heavy atom. The van der Waals surface area contributed by atoms with E-state index in [-0.39, 0.29) is 5.41 Å². The fourth-order valence-corrected chi connectivity index (χ4v) is 1.73. The minimum absolute atomic E-state index is 0.219. The van der Waals surface area contributed by atoms with Gasteiger partial charge in [-0.25, -0.2) is 0 Å². The lowest BCUT2D eigenvalue weighted by atomic mass is 9.93. The van der Waals surface area contributed by atoms with E-state index in [9.17, 15) is 0 Å². The third-order valence-electron chi connectivity index (χ3n) is 1.51. The van der Waals surface area contributed by atoms with Crippen molar-refractivity contribution >= 4 is 17.8 Å². The maximum atomic E-state index is 4.03. The number of hydrogen-bond donors (Lipinski definition) is 0. The highest BCUT2D eigenvalue weighted by Gasteiger charge is 2.20. The predicted molar refractivity (Wildman–Crippen MR) is 51.8 cm³/mol. The number of nitrogens with zero attached hydrogens (tertiary/aromatic N) is 1. The molecule has 0 fully saturated rings. The van der Waals surface area contributed by atoms with Crippen LogP contribution < -0.4 is 0 Å². The largest absolute Gasteiger partial charge is 0.168 e. The van der Waals surface area contributed by atoms with Gasteiger partial charge in [0.05, 0.1) is 0 Å². The second-order valence-electron chi connectivity index (χ2n) is 3.72. The zero-order chi connectivity index (χ0) is 8.48. The first-order valence-corrected chi connectivity index (χ1v) is 4.46. The molecule has 0 unspecified atom stereocenters. The topological polar surface area (TPSA) is 12.4 Å². The molecule has 0 saturated heterocycles. The molecule has 1 nitrogen and oxygen atoms in total. The molecule has 0 aromatic rings. The lowest BCUT2D eigenvalue weighted by Crippen LogP contribution is -2.08. The van der Waals surface area contributed by atoms with Crippen molar-refractivity contribution in [1.29, 1.82) is 0 Å². The number of hydrogen-bond acceptors (Lipinski definition) is 2. The third kappa shape index (κ3) is 1.98. The van der Waals surface area contributed by atoms with E-state index in [0.29, 0.717) is 0 Å². The summed E-state index contributed by atoms with van der Waals surface area (Å²) in [5.74, 6) is 2.84. The van der Waals surface area contributed by atoms with Crippen LogP contribution in [0.3, 0.4) is 0 Å². The van der Waals surface area contributed by atoms with Crippen molar-refractivity contribution in [3.8, 4) is 0 Å². The summed E-state index contributed by atoms with van der Waals surface area (Å²) in [4.78, 5) is 1.34. The summed E-state index contributed by atoms with van der Waals surface area (Å²) in [7, 11) is 0. The Balaban J connectivity index is 2.99. The van der Waals surface area contributed by atoms with Gasteiger partial charge in [0, 0.05) is 22.9 Å². The molecule has 1 rings (SSSR count). The first-order valence-electron chi connectivity index (χ1n) is 3.69. The molecule has 0 N–H and O–H groups in total. The van der Waals surface area contributed by atoms with Gasteiger partial charge >= 0.3 is 0 Å². The van der Waals surface area contributed by atoms with Gasteiger partial charge in [-0.15, -0.1) is 0 Å². The molecule has 1 aliphatic rings. The van der Waals surface area contributed by atoms with Crippen LogP contribution in [0.5, 0.6) is 0 Å². The van der Waals surface area contributed by atoms with E-state index in [2.05, 4.69) is 38.0 Å². The van der Waals surface area contributed by atoms with Crippen molar-refractivity contribution in [3.05, 3.63) is 16.6 Å². The van der Waals surface area contributed by atoms with E-state index in [0.717, 1.165) is 0 Å². The van der Waals surface area contributed by atoms with Crippen LogP contribution in [-0.2, 0) is 0 Å². The van der Waals surface area contributed by atoms with Crippen LogP contribution in [0.1, 0.15) is 27.7 Å². The van der Waals surface area contributed by atoms with Crippen molar-refractivity contribution < 1.29 is 0 Å². The molecule has 0 aromatic heterocycles. The molecule has 11 heavy (non-hydrogen) atoms. The molecule has 0 radical (unpaired) electrons. The molecular weight excluding hydrogens is 154 g/mol. The summed E-state index contributed by atoms with van der Waals surface area (Å²) < 4.78 is 4.03. The van der Waals surface area contributed by atoms with Crippen molar-refractivity contribution in [2.24, 2.45) is 9.81 Å². The summed E-state index contributed by atoms with van der Waals surface area (Å²) >= 11 is 1.54. The fourth-order valence-electron chi connectivity index (χ4n) is 1.06. The van der Waals surface area contributed by atoms with E-state index in [1.54, 1.807) is 11.9 Å². The minimum Gasteiger partial charge on any atom is -0.168 e. The van der Waals surface area contributed by atoms with Crippen LogP contribution in [0, 0.1) is 5.41 Å². The maximum Gasteiger partial charge on any atom is 0.0178 e. The normalized spacial score (nSPS) is 17.8. The Morgan fingerprint density at radius 2 is 2.09 bits per heavy atom. The standard InChI is InChI=1S/C9H13NS/c1-7-5-6-10-11-8(7)9(2,3)4/h5H,1-4H3. The lowest BCUT2D eigenvalue weighted by molar-refractivity contribution is 0.530. The first kappa shape index (κ1) is 8.63. The first-order chi connectivity index (χ1) is 5.02. The lowest BCUT2D eigenvalue weighted by Gasteiger charge is -2.22. The Labute approximate surface area is 72.4 Å². The average molecular weight is 167 g/mol. The van der Waals surface area contributed by atoms with Crippen LogP contribution in [0.2, 0.25) is 0 Å². The molecule has 0 aromatic carbocycles. The average Bonchev–Trinajstić information content (AvgIpc) is 1.86. The van der Waals surface area contributed by atoms with Gasteiger partial charge in [-0.3, -0.25) is 0 Å². The van der Waals surface area contributed by atoms with Gasteiger partial charge in [-0.2, -0.15) is 4.40 Å². The molecule has 0 amide bonds. The van der Waals surface area contributed by atoms with Gasteiger partial charge in [0.1, 0.15) is 0 Å². The highest BCUT2D eigenvalue weighted by Crippen LogP contribution is 2.38. The molecule has 1 heterocycles. The van der Waals surface area contributed by atoms with E-state index in [1.165, 1.54) is 10.5 Å². The minimum atomic E-state index is 0.219. The molecule has 0 spiro atoms. The van der Waals surface area contributed by atoms with E-state index in [4.69, 9.17) is 0 Å². The zero-order valence-electron chi connectivity index (χ0n) is 7.43. The SMILES string of the molecule is CC1=C(C(C)(C)C)SN=C=C1. The smallest absolute Gasteiger partial charge is 0.0178 e. The molecule has 2 heteroatoms. The summed E-state index contributed by atoms with van der Waals surface area (Å²) in [5, 5.41) is 0. The molecule has 0 aliphatic carbocycles. The van der Waals surface area contributed by atoms with Gasteiger partial charge in [-0.1, -0.05) is 20.8 Å². The Morgan fingerprint density at radius 3 is 2.45 bits per heavy atom. The van der Waals surface area contributed by atoms with Crippen molar-refractivity contribution in [1.82, 2.24) is 0 Å². The Hall–Kier alpha value is -0.460. The van der Waals surface area contributed by atoms with Gasteiger partial charge in [0.15, 0.2) is 0 Å². The van der Waals surface area contributed by atoms with Crippen molar-refractivity contribution in [2.45, 2.75) is 27.7 Å².